The van der Waals surface area contributed by atoms with Crippen molar-refractivity contribution in [2.75, 3.05) is 43.9 Å². The van der Waals surface area contributed by atoms with Crippen molar-refractivity contribution in [1.29, 1.82) is 0 Å². The van der Waals surface area contributed by atoms with Gasteiger partial charge in [0, 0.05) is 38.2 Å². The Morgan fingerprint density at radius 2 is 2.12 bits per heavy atom. The number of nitrogens with one attached hydrogen (secondary N) is 1. The third-order valence-corrected chi connectivity index (χ3v) is 5.08. The van der Waals surface area contributed by atoms with E-state index in [4.69, 9.17) is 5.73 Å². The molecule has 6 nitrogen and oxygen atoms in total. The van der Waals surface area contributed by atoms with E-state index >= 15 is 0 Å². The minimum Gasteiger partial charge on any atom is -0.370 e. The molecule has 1 fully saturated rings. The first-order chi connectivity index (χ1) is 7.56. The molecule has 0 amide bonds. The van der Waals surface area contributed by atoms with E-state index in [-0.39, 0.29) is 11.7 Å². The SMILES string of the molecule is CN=C(N)NCCS(=O)(=O)N1CCSCC1. The molecule has 0 aliphatic carbocycles. The van der Waals surface area contributed by atoms with Crippen LogP contribution in [-0.2, 0) is 10.0 Å². The minimum atomic E-state index is -3.14. The lowest BCUT2D eigenvalue weighted by atomic mass is 10.6. The van der Waals surface area contributed by atoms with Crippen LogP contribution in [0.25, 0.3) is 0 Å². The summed E-state index contributed by atoms with van der Waals surface area (Å²) in [4.78, 5) is 3.69. The molecule has 0 aromatic heterocycles. The third kappa shape index (κ3) is 4.18. The van der Waals surface area contributed by atoms with Gasteiger partial charge in [-0.05, 0) is 0 Å². The van der Waals surface area contributed by atoms with Crippen molar-refractivity contribution in [3.63, 3.8) is 0 Å². The highest BCUT2D eigenvalue weighted by molar-refractivity contribution is 7.99. The number of thioether (sulfide) groups is 1. The van der Waals surface area contributed by atoms with Crippen molar-refractivity contribution >= 4 is 27.7 Å². The van der Waals surface area contributed by atoms with Crippen molar-refractivity contribution in [2.24, 2.45) is 10.7 Å². The molecule has 3 N–H and O–H groups in total. The second kappa shape index (κ2) is 6.31. The molecule has 0 unspecified atom stereocenters. The van der Waals surface area contributed by atoms with Crippen molar-refractivity contribution in [3.8, 4) is 0 Å². The molecule has 8 heteroatoms. The summed E-state index contributed by atoms with van der Waals surface area (Å²) in [5.74, 6) is 2.09. The Morgan fingerprint density at radius 1 is 1.50 bits per heavy atom. The van der Waals surface area contributed by atoms with Gasteiger partial charge in [0.25, 0.3) is 0 Å². The molecule has 0 aromatic rings. The zero-order chi connectivity index (χ0) is 12.0. The van der Waals surface area contributed by atoms with Crippen LogP contribution < -0.4 is 11.1 Å². The van der Waals surface area contributed by atoms with Crippen LogP contribution in [0.2, 0.25) is 0 Å². The van der Waals surface area contributed by atoms with Crippen molar-refractivity contribution in [2.45, 2.75) is 0 Å². The van der Waals surface area contributed by atoms with Gasteiger partial charge in [-0.25, -0.2) is 12.7 Å². The molecule has 0 aromatic carbocycles. The van der Waals surface area contributed by atoms with Crippen molar-refractivity contribution in [1.82, 2.24) is 9.62 Å². The van der Waals surface area contributed by atoms with Gasteiger partial charge in [-0.1, -0.05) is 0 Å². The van der Waals surface area contributed by atoms with Gasteiger partial charge in [-0.3, -0.25) is 4.99 Å². The van der Waals surface area contributed by atoms with Crippen LogP contribution >= 0.6 is 11.8 Å². The van der Waals surface area contributed by atoms with E-state index in [0.717, 1.165) is 11.5 Å². The van der Waals surface area contributed by atoms with Gasteiger partial charge in [0.2, 0.25) is 10.0 Å². The van der Waals surface area contributed by atoms with E-state index in [2.05, 4.69) is 10.3 Å². The lowest BCUT2D eigenvalue weighted by molar-refractivity contribution is 0.443. The van der Waals surface area contributed by atoms with Gasteiger partial charge < -0.3 is 11.1 Å². The Balaban J connectivity index is 2.39. The van der Waals surface area contributed by atoms with E-state index in [0.29, 0.717) is 19.6 Å². The summed E-state index contributed by atoms with van der Waals surface area (Å²) in [6.07, 6.45) is 0. The highest BCUT2D eigenvalue weighted by atomic mass is 32.2. The van der Waals surface area contributed by atoms with Crippen LogP contribution in [0.5, 0.6) is 0 Å². The number of aliphatic imine (C=N–C) groups is 1. The summed E-state index contributed by atoms with van der Waals surface area (Å²) in [6, 6.07) is 0. The van der Waals surface area contributed by atoms with Crippen LogP contribution in [0.1, 0.15) is 0 Å². The Hall–Kier alpha value is -0.470. The molecule has 1 rings (SSSR count). The number of hydrogen-bond donors (Lipinski definition) is 2. The molecule has 1 heterocycles. The standard InChI is InChI=1S/C8H18N4O2S2/c1-10-8(9)11-2-7-16(13,14)12-3-5-15-6-4-12/h2-7H2,1H3,(H3,9,10,11). The van der Waals surface area contributed by atoms with Crippen LogP contribution in [0, 0.1) is 0 Å². The number of nitrogens with two attached hydrogens (primary N) is 1. The van der Waals surface area contributed by atoms with Gasteiger partial charge in [0.05, 0.1) is 5.75 Å². The second-order valence-electron chi connectivity index (χ2n) is 3.36. The number of hydrogen-bond acceptors (Lipinski definition) is 4. The van der Waals surface area contributed by atoms with E-state index in [1.165, 1.54) is 0 Å². The number of sulfonamides is 1. The van der Waals surface area contributed by atoms with Gasteiger partial charge >= 0.3 is 0 Å². The first-order valence-corrected chi connectivity index (χ1v) is 7.84. The summed E-state index contributed by atoms with van der Waals surface area (Å²) in [7, 11) is -1.59. The highest BCUT2D eigenvalue weighted by Gasteiger charge is 2.23. The summed E-state index contributed by atoms with van der Waals surface area (Å²) in [5.41, 5.74) is 5.41. The second-order valence-corrected chi connectivity index (χ2v) is 6.68. The summed E-state index contributed by atoms with van der Waals surface area (Å²) in [6.45, 7) is 1.53. The van der Waals surface area contributed by atoms with Crippen molar-refractivity contribution < 1.29 is 8.42 Å². The van der Waals surface area contributed by atoms with Gasteiger partial charge in [-0.2, -0.15) is 11.8 Å². The third-order valence-electron chi connectivity index (χ3n) is 2.27. The van der Waals surface area contributed by atoms with E-state index in [1.807, 2.05) is 0 Å². The van der Waals surface area contributed by atoms with Gasteiger partial charge in [0.1, 0.15) is 0 Å². The molecule has 0 radical (unpaired) electrons. The van der Waals surface area contributed by atoms with Gasteiger partial charge in [-0.15, -0.1) is 0 Å². The van der Waals surface area contributed by atoms with Crippen LogP contribution in [0.3, 0.4) is 0 Å². The Morgan fingerprint density at radius 3 is 2.69 bits per heavy atom. The summed E-state index contributed by atoms with van der Waals surface area (Å²) in [5, 5.41) is 2.74. The zero-order valence-corrected chi connectivity index (χ0v) is 11.0. The molecule has 0 saturated carbocycles. The number of guanidine groups is 1. The lowest BCUT2D eigenvalue weighted by Gasteiger charge is -2.25. The molecule has 1 aliphatic rings. The number of nitrogens with zero attached hydrogens (tertiary/aromatic N) is 2. The van der Waals surface area contributed by atoms with E-state index in [1.54, 1.807) is 23.1 Å². The predicted octanol–water partition coefficient (Wildman–Crippen LogP) is -1.10. The predicted molar refractivity (Wildman–Crippen MR) is 68.2 cm³/mol. The normalized spacial score (nSPS) is 19.7. The largest absolute Gasteiger partial charge is 0.370 e. The maximum absolute atomic E-state index is 11.9. The Kier molecular flexibility index (Phi) is 5.36. The first-order valence-electron chi connectivity index (χ1n) is 5.08. The average molecular weight is 266 g/mol. The molecule has 1 saturated heterocycles. The summed E-state index contributed by atoms with van der Waals surface area (Å²) < 4.78 is 25.2. The summed E-state index contributed by atoms with van der Waals surface area (Å²) >= 11 is 1.79. The fourth-order valence-electron chi connectivity index (χ4n) is 1.34. The molecule has 1 aliphatic heterocycles. The van der Waals surface area contributed by atoms with Crippen LogP contribution in [0.15, 0.2) is 4.99 Å². The monoisotopic (exact) mass is 266 g/mol. The smallest absolute Gasteiger partial charge is 0.215 e. The molecular weight excluding hydrogens is 248 g/mol. The topological polar surface area (TPSA) is 87.8 Å². The Bertz CT molecular complexity index is 336. The zero-order valence-electron chi connectivity index (χ0n) is 9.35. The molecular formula is C8H18N4O2S2. The number of rotatable bonds is 4. The minimum absolute atomic E-state index is 0.0634. The quantitative estimate of drug-likeness (QED) is 0.498. The van der Waals surface area contributed by atoms with E-state index < -0.39 is 10.0 Å². The Labute approximate surface area is 101 Å². The van der Waals surface area contributed by atoms with Crippen LogP contribution in [0.4, 0.5) is 0 Å². The van der Waals surface area contributed by atoms with Crippen molar-refractivity contribution in [3.05, 3.63) is 0 Å². The lowest BCUT2D eigenvalue weighted by Crippen LogP contribution is -2.42. The van der Waals surface area contributed by atoms with E-state index in [9.17, 15) is 8.42 Å². The van der Waals surface area contributed by atoms with Gasteiger partial charge in [0.15, 0.2) is 5.96 Å². The van der Waals surface area contributed by atoms with Crippen LogP contribution in [-0.4, -0.2) is 62.6 Å². The fourth-order valence-corrected chi connectivity index (χ4v) is 3.83. The fraction of sp³-hybridized carbons (Fsp3) is 0.875. The maximum Gasteiger partial charge on any atom is 0.215 e. The highest BCUT2D eigenvalue weighted by Crippen LogP contribution is 2.12. The first kappa shape index (κ1) is 13.6. The molecule has 16 heavy (non-hydrogen) atoms. The average Bonchev–Trinajstić information content (AvgIpc) is 2.30. The maximum atomic E-state index is 11.9. The molecule has 0 spiro atoms. The molecule has 0 bridgehead atoms. The molecule has 0 atom stereocenters. The molecule has 94 valence electrons.